The van der Waals surface area contributed by atoms with Crippen LogP contribution >= 0.6 is 0 Å². The molecule has 0 saturated carbocycles. The van der Waals surface area contributed by atoms with E-state index in [1.54, 1.807) is 5.56 Å². The fourth-order valence-corrected chi connectivity index (χ4v) is 3.88. The van der Waals surface area contributed by atoms with Crippen LogP contribution in [-0.2, 0) is 4.74 Å². The van der Waals surface area contributed by atoms with E-state index in [-0.39, 0.29) is 0 Å². The topological polar surface area (TPSA) is 12.5 Å². The number of nitrogens with zero attached hydrogens (tertiary/aromatic N) is 1. The van der Waals surface area contributed by atoms with Gasteiger partial charge in [0.05, 0.1) is 0 Å². The Balaban J connectivity index is 1.86. The van der Waals surface area contributed by atoms with Crippen LogP contribution < -0.4 is 0 Å². The third-order valence-corrected chi connectivity index (χ3v) is 5.21. The number of rotatable bonds is 2. The highest BCUT2D eigenvalue weighted by Crippen LogP contribution is 2.36. The standard InChI is InChI=1S/C18H27NO/c1-14-6-5-7-17(15(14)2)18-8-3-4-11-19(18)16-9-12-20-13-10-16/h5-7,16,18H,3-4,8-13H2,1-2H3/t18-/m0/s1. The molecule has 2 aliphatic rings. The minimum atomic E-state index is 0.631. The third-order valence-electron chi connectivity index (χ3n) is 5.21. The molecule has 110 valence electrons. The van der Waals surface area contributed by atoms with Gasteiger partial charge in [-0.15, -0.1) is 0 Å². The lowest BCUT2D eigenvalue weighted by molar-refractivity contribution is 0.00397. The number of piperidine rings is 1. The third kappa shape index (κ3) is 2.77. The largest absolute Gasteiger partial charge is 0.381 e. The summed E-state index contributed by atoms with van der Waals surface area (Å²) in [5.41, 5.74) is 4.49. The van der Waals surface area contributed by atoms with Crippen molar-refractivity contribution < 1.29 is 4.74 Å². The molecule has 1 aromatic carbocycles. The van der Waals surface area contributed by atoms with Crippen molar-refractivity contribution in [2.75, 3.05) is 19.8 Å². The quantitative estimate of drug-likeness (QED) is 0.807. The summed E-state index contributed by atoms with van der Waals surface area (Å²) in [5.74, 6) is 0. The second-order valence-electron chi connectivity index (χ2n) is 6.38. The Morgan fingerprint density at radius 1 is 1.05 bits per heavy atom. The Hall–Kier alpha value is -0.860. The number of ether oxygens (including phenoxy) is 1. The van der Waals surface area contributed by atoms with Crippen molar-refractivity contribution >= 4 is 0 Å². The number of aryl methyl sites for hydroxylation is 1. The highest BCUT2D eigenvalue weighted by atomic mass is 16.5. The van der Waals surface area contributed by atoms with Crippen LogP contribution in [0.25, 0.3) is 0 Å². The molecule has 0 unspecified atom stereocenters. The van der Waals surface area contributed by atoms with Crippen molar-refractivity contribution in [3.63, 3.8) is 0 Å². The number of hydrogen-bond acceptors (Lipinski definition) is 2. The smallest absolute Gasteiger partial charge is 0.0480 e. The zero-order valence-electron chi connectivity index (χ0n) is 12.9. The molecule has 2 nitrogen and oxygen atoms in total. The zero-order chi connectivity index (χ0) is 13.9. The first-order valence-corrected chi connectivity index (χ1v) is 8.17. The van der Waals surface area contributed by atoms with Crippen LogP contribution in [0.4, 0.5) is 0 Å². The van der Waals surface area contributed by atoms with E-state index in [9.17, 15) is 0 Å². The SMILES string of the molecule is Cc1cccc([C@@H]2CCCCN2C2CCOCC2)c1C. The van der Waals surface area contributed by atoms with Crippen molar-refractivity contribution in [2.24, 2.45) is 0 Å². The average Bonchev–Trinajstić information content (AvgIpc) is 2.51. The van der Waals surface area contributed by atoms with Gasteiger partial charge < -0.3 is 4.74 Å². The summed E-state index contributed by atoms with van der Waals surface area (Å²) in [7, 11) is 0. The molecule has 0 spiro atoms. The Bertz CT molecular complexity index is 451. The average molecular weight is 273 g/mol. The van der Waals surface area contributed by atoms with Gasteiger partial charge in [0.2, 0.25) is 0 Å². The Labute approximate surface area is 123 Å². The molecule has 3 rings (SSSR count). The summed E-state index contributed by atoms with van der Waals surface area (Å²) < 4.78 is 5.55. The number of hydrogen-bond donors (Lipinski definition) is 0. The summed E-state index contributed by atoms with van der Waals surface area (Å²) in [5, 5.41) is 0. The lowest BCUT2D eigenvalue weighted by atomic mass is 9.88. The first-order valence-electron chi connectivity index (χ1n) is 8.17. The van der Waals surface area contributed by atoms with Crippen LogP contribution in [0, 0.1) is 13.8 Å². The monoisotopic (exact) mass is 273 g/mol. The van der Waals surface area contributed by atoms with Gasteiger partial charge in [-0.25, -0.2) is 0 Å². The van der Waals surface area contributed by atoms with E-state index in [1.165, 1.54) is 49.8 Å². The minimum absolute atomic E-state index is 0.631. The normalized spacial score (nSPS) is 25.8. The maximum absolute atomic E-state index is 5.55. The molecule has 20 heavy (non-hydrogen) atoms. The molecule has 0 amide bonds. The summed E-state index contributed by atoms with van der Waals surface area (Å²) in [6.45, 7) is 7.69. The lowest BCUT2D eigenvalue weighted by Crippen LogP contribution is -2.44. The van der Waals surface area contributed by atoms with E-state index in [1.807, 2.05) is 0 Å². The maximum atomic E-state index is 5.55. The summed E-state index contributed by atoms with van der Waals surface area (Å²) in [6, 6.07) is 8.18. The van der Waals surface area contributed by atoms with Gasteiger partial charge >= 0.3 is 0 Å². The van der Waals surface area contributed by atoms with Crippen molar-refractivity contribution in [1.29, 1.82) is 0 Å². The predicted octanol–water partition coefficient (Wildman–Crippen LogP) is 4.01. The molecular weight excluding hydrogens is 246 g/mol. The van der Waals surface area contributed by atoms with E-state index < -0.39 is 0 Å². The second kappa shape index (κ2) is 6.28. The first kappa shape index (κ1) is 14.1. The van der Waals surface area contributed by atoms with Crippen molar-refractivity contribution in [2.45, 2.75) is 58.0 Å². The molecule has 0 bridgehead atoms. The van der Waals surface area contributed by atoms with Gasteiger partial charge in [-0.05, 0) is 62.8 Å². The minimum Gasteiger partial charge on any atom is -0.381 e. The Morgan fingerprint density at radius 2 is 1.85 bits per heavy atom. The van der Waals surface area contributed by atoms with Crippen LogP contribution in [0.1, 0.15) is 54.8 Å². The van der Waals surface area contributed by atoms with E-state index in [4.69, 9.17) is 4.74 Å². The van der Waals surface area contributed by atoms with Gasteiger partial charge in [0.15, 0.2) is 0 Å². The number of benzene rings is 1. The van der Waals surface area contributed by atoms with Gasteiger partial charge in [0.25, 0.3) is 0 Å². The fraction of sp³-hybridized carbons (Fsp3) is 0.667. The van der Waals surface area contributed by atoms with E-state index in [2.05, 4.69) is 36.9 Å². The molecular formula is C18H27NO. The van der Waals surface area contributed by atoms with Gasteiger partial charge in [0.1, 0.15) is 0 Å². The Morgan fingerprint density at radius 3 is 2.65 bits per heavy atom. The molecule has 2 fully saturated rings. The van der Waals surface area contributed by atoms with E-state index in [0.29, 0.717) is 6.04 Å². The molecule has 0 aliphatic carbocycles. The number of likely N-dealkylation sites (tertiary alicyclic amines) is 1. The van der Waals surface area contributed by atoms with E-state index in [0.717, 1.165) is 19.3 Å². The van der Waals surface area contributed by atoms with Gasteiger partial charge in [0, 0.05) is 25.3 Å². The fourth-order valence-electron chi connectivity index (χ4n) is 3.88. The lowest BCUT2D eigenvalue weighted by Gasteiger charge is -2.43. The molecule has 2 heterocycles. The van der Waals surface area contributed by atoms with Crippen LogP contribution in [-0.4, -0.2) is 30.7 Å². The van der Waals surface area contributed by atoms with Crippen LogP contribution in [0.15, 0.2) is 18.2 Å². The van der Waals surface area contributed by atoms with Crippen LogP contribution in [0.5, 0.6) is 0 Å². The molecule has 0 aromatic heterocycles. The van der Waals surface area contributed by atoms with Crippen molar-refractivity contribution in [3.05, 3.63) is 34.9 Å². The van der Waals surface area contributed by atoms with Crippen LogP contribution in [0.3, 0.4) is 0 Å². The van der Waals surface area contributed by atoms with Gasteiger partial charge in [-0.3, -0.25) is 4.90 Å². The maximum Gasteiger partial charge on any atom is 0.0480 e. The van der Waals surface area contributed by atoms with Gasteiger partial charge in [-0.1, -0.05) is 24.6 Å². The molecule has 1 atom stereocenters. The summed E-state index contributed by atoms with van der Waals surface area (Å²) >= 11 is 0. The molecule has 0 radical (unpaired) electrons. The van der Waals surface area contributed by atoms with Crippen molar-refractivity contribution in [3.8, 4) is 0 Å². The second-order valence-corrected chi connectivity index (χ2v) is 6.38. The molecule has 2 aliphatic heterocycles. The highest BCUT2D eigenvalue weighted by Gasteiger charge is 2.31. The molecule has 1 aromatic rings. The summed E-state index contributed by atoms with van der Waals surface area (Å²) in [4.78, 5) is 2.79. The summed E-state index contributed by atoms with van der Waals surface area (Å²) in [6.07, 6.45) is 6.47. The zero-order valence-corrected chi connectivity index (χ0v) is 12.9. The Kier molecular flexibility index (Phi) is 4.42. The first-order chi connectivity index (χ1) is 9.77. The molecule has 0 N–H and O–H groups in total. The highest BCUT2D eigenvalue weighted by molar-refractivity contribution is 5.35. The van der Waals surface area contributed by atoms with E-state index >= 15 is 0 Å². The van der Waals surface area contributed by atoms with Crippen LogP contribution in [0.2, 0.25) is 0 Å². The van der Waals surface area contributed by atoms with Crippen molar-refractivity contribution in [1.82, 2.24) is 4.90 Å². The molecule has 2 heteroatoms. The van der Waals surface area contributed by atoms with Gasteiger partial charge in [-0.2, -0.15) is 0 Å². The predicted molar refractivity (Wildman–Crippen MR) is 83.1 cm³/mol. The molecule has 2 saturated heterocycles.